The number of methoxy groups -OCH3 is 1. The fraction of sp³-hybridized carbons (Fsp3) is 0.150. The maximum atomic E-state index is 11.9. The molecule has 0 aliphatic rings. The normalized spacial score (nSPS) is 11.4. The molecular weight excluding hydrogens is 328 g/mol. The summed E-state index contributed by atoms with van der Waals surface area (Å²) in [4.78, 5) is 16.2. The Hall–Kier alpha value is -3.41. The quantitative estimate of drug-likeness (QED) is 0.526. The molecule has 132 valence electrons. The Bertz CT molecular complexity index is 944. The van der Waals surface area contributed by atoms with Crippen LogP contribution in [0, 0.1) is 0 Å². The van der Waals surface area contributed by atoms with E-state index in [4.69, 9.17) is 4.74 Å². The number of benzene rings is 2. The van der Waals surface area contributed by atoms with Crippen molar-refractivity contribution in [2.24, 2.45) is 5.10 Å². The lowest BCUT2D eigenvalue weighted by Gasteiger charge is -2.03. The van der Waals surface area contributed by atoms with Crippen LogP contribution < -0.4 is 10.2 Å². The van der Waals surface area contributed by atoms with Crippen molar-refractivity contribution < 1.29 is 9.53 Å². The first-order valence-corrected chi connectivity index (χ1v) is 8.29. The van der Waals surface area contributed by atoms with E-state index in [9.17, 15) is 4.79 Å². The SMILES string of the molecule is COc1ccccc1/C=C/C=N\NC(=O)CCn1cnc2ccccc21. The molecule has 2 aromatic carbocycles. The Balaban J connectivity index is 1.48. The van der Waals surface area contributed by atoms with E-state index in [1.165, 1.54) is 6.21 Å². The maximum absolute atomic E-state index is 11.9. The number of rotatable bonds is 7. The number of hydrogen-bond donors (Lipinski definition) is 1. The average Bonchev–Trinajstić information content (AvgIpc) is 3.09. The monoisotopic (exact) mass is 348 g/mol. The maximum Gasteiger partial charge on any atom is 0.241 e. The summed E-state index contributed by atoms with van der Waals surface area (Å²) >= 11 is 0. The summed E-state index contributed by atoms with van der Waals surface area (Å²) in [6.07, 6.45) is 7.23. The standard InChI is InChI=1S/C20H20N4O2/c1-26-19-11-5-2-7-16(19)8-6-13-22-23-20(25)12-14-24-15-21-17-9-3-4-10-18(17)24/h2-11,13,15H,12,14H2,1H3,(H,23,25)/b8-6+,22-13-. The van der Waals surface area contributed by atoms with Gasteiger partial charge in [0.2, 0.25) is 5.91 Å². The molecule has 6 nitrogen and oxygen atoms in total. The van der Waals surface area contributed by atoms with E-state index in [-0.39, 0.29) is 5.91 Å². The molecule has 0 bridgehead atoms. The molecule has 0 saturated carbocycles. The Morgan fingerprint density at radius 1 is 1.23 bits per heavy atom. The molecule has 0 aliphatic heterocycles. The van der Waals surface area contributed by atoms with Crippen LogP contribution in [0.3, 0.4) is 0 Å². The first kappa shape index (κ1) is 17.4. The molecule has 3 aromatic rings. The molecule has 26 heavy (non-hydrogen) atoms. The molecule has 1 aromatic heterocycles. The fourth-order valence-electron chi connectivity index (χ4n) is 2.57. The van der Waals surface area contributed by atoms with E-state index in [1.807, 2.05) is 59.2 Å². The summed E-state index contributed by atoms with van der Waals surface area (Å²) < 4.78 is 7.22. The molecule has 6 heteroatoms. The Morgan fingerprint density at radius 2 is 2.04 bits per heavy atom. The Labute approximate surface area is 151 Å². The molecule has 0 radical (unpaired) electrons. The minimum absolute atomic E-state index is 0.148. The van der Waals surface area contributed by atoms with E-state index in [0.717, 1.165) is 22.3 Å². The molecule has 1 heterocycles. The van der Waals surface area contributed by atoms with Gasteiger partial charge in [-0.05, 0) is 30.4 Å². The van der Waals surface area contributed by atoms with Gasteiger partial charge in [0.05, 0.1) is 24.5 Å². The number of carbonyl (C=O) groups excluding carboxylic acids is 1. The number of fused-ring (bicyclic) bond motifs is 1. The van der Waals surface area contributed by atoms with Crippen LogP contribution in [-0.2, 0) is 11.3 Å². The van der Waals surface area contributed by atoms with Crippen LogP contribution in [0.5, 0.6) is 5.75 Å². The fourth-order valence-corrected chi connectivity index (χ4v) is 2.57. The number of para-hydroxylation sites is 3. The van der Waals surface area contributed by atoms with Crippen molar-refractivity contribution in [1.29, 1.82) is 0 Å². The first-order valence-electron chi connectivity index (χ1n) is 8.29. The van der Waals surface area contributed by atoms with Gasteiger partial charge in [-0.1, -0.05) is 30.3 Å². The van der Waals surface area contributed by atoms with Crippen molar-refractivity contribution in [2.75, 3.05) is 7.11 Å². The molecule has 0 spiro atoms. The van der Waals surface area contributed by atoms with Gasteiger partial charge in [-0.25, -0.2) is 10.4 Å². The third-order valence-corrected chi connectivity index (χ3v) is 3.87. The Morgan fingerprint density at radius 3 is 2.92 bits per heavy atom. The lowest BCUT2D eigenvalue weighted by molar-refractivity contribution is -0.121. The zero-order chi connectivity index (χ0) is 18.2. The van der Waals surface area contributed by atoms with Crippen molar-refractivity contribution >= 4 is 29.2 Å². The van der Waals surface area contributed by atoms with E-state index >= 15 is 0 Å². The highest BCUT2D eigenvalue weighted by Crippen LogP contribution is 2.18. The lowest BCUT2D eigenvalue weighted by Crippen LogP contribution is -2.18. The second-order valence-corrected chi connectivity index (χ2v) is 5.59. The lowest BCUT2D eigenvalue weighted by atomic mass is 10.2. The summed E-state index contributed by atoms with van der Waals surface area (Å²) in [6, 6.07) is 15.5. The zero-order valence-electron chi connectivity index (χ0n) is 14.5. The zero-order valence-corrected chi connectivity index (χ0v) is 14.5. The van der Waals surface area contributed by atoms with Crippen LogP contribution in [0.4, 0.5) is 0 Å². The molecule has 0 saturated heterocycles. The number of amides is 1. The van der Waals surface area contributed by atoms with E-state index in [1.54, 1.807) is 19.5 Å². The van der Waals surface area contributed by atoms with E-state index in [2.05, 4.69) is 15.5 Å². The third-order valence-electron chi connectivity index (χ3n) is 3.87. The summed E-state index contributed by atoms with van der Waals surface area (Å²) in [6.45, 7) is 0.554. The summed E-state index contributed by atoms with van der Waals surface area (Å²) in [5.74, 6) is 0.637. The molecular formula is C20H20N4O2. The molecule has 0 fully saturated rings. The number of hydrogen-bond acceptors (Lipinski definition) is 4. The molecule has 3 rings (SSSR count). The summed E-state index contributed by atoms with van der Waals surface area (Å²) in [7, 11) is 1.63. The molecule has 1 amide bonds. The van der Waals surface area contributed by atoms with Crippen LogP contribution in [-0.4, -0.2) is 28.8 Å². The van der Waals surface area contributed by atoms with Crippen molar-refractivity contribution in [3.05, 3.63) is 66.5 Å². The number of imidazole rings is 1. The molecule has 0 unspecified atom stereocenters. The van der Waals surface area contributed by atoms with Crippen LogP contribution in [0.2, 0.25) is 0 Å². The second-order valence-electron chi connectivity index (χ2n) is 5.59. The Kier molecular flexibility index (Phi) is 5.77. The van der Waals surface area contributed by atoms with Gasteiger partial charge in [0.1, 0.15) is 5.75 Å². The number of hydrazone groups is 1. The molecule has 1 N–H and O–H groups in total. The van der Waals surface area contributed by atoms with E-state index in [0.29, 0.717) is 13.0 Å². The average molecular weight is 348 g/mol. The van der Waals surface area contributed by atoms with Gasteiger partial charge in [0.15, 0.2) is 0 Å². The van der Waals surface area contributed by atoms with Crippen LogP contribution in [0.15, 0.2) is 66.0 Å². The van der Waals surface area contributed by atoms with Crippen molar-refractivity contribution in [2.45, 2.75) is 13.0 Å². The van der Waals surface area contributed by atoms with E-state index < -0.39 is 0 Å². The van der Waals surface area contributed by atoms with Crippen LogP contribution in [0.1, 0.15) is 12.0 Å². The van der Waals surface area contributed by atoms with Gasteiger partial charge in [-0.2, -0.15) is 5.10 Å². The number of nitrogens with zero attached hydrogens (tertiary/aromatic N) is 3. The number of nitrogens with one attached hydrogen (secondary N) is 1. The first-order chi connectivity index (χ1) is 12.8. The number of ether oxygens (including phenoxy) is 1. The number of allylic oxidation sites excluding steroid dienone is 1. The number of carbonyl (C=O) groups is 1. The number of aromatic nitrogens is 2. The van der Waals surface area contributed by atoms with Crippen molar-refractivity contribution in [3.63, 3.8) is 0 Å². The highest BCUT2D eigenvalue weighted by atomic mass is 16.5. The van der Waals surface area contributed by atoms with Crippen LogP contribution >= 0.6 is 0 Å². The minimum atomic E-state index is -0.148. The predicted octanol–water partition coefficient (Wildman–Crippen LogP) is 3.25. The van der Waals surface area contributed by atoms with Gasteiger partial charge >= 0.3 is 0 Å². The predicted molar refractivity (Wildman–Crippen MR) is 103 cm³/mol. The van der Waals surface area contributed by atoms with Crippen molar-refractivity contribution in [1.82, 2.24) is 15.0 Å². The summed E-state index contributed by atoms with van der Waals surface area (Å²) in [5.41, 5.74) is 5.41. The second kappa shape index (κ2) is 8.62. The number of aryl methyl sites for hydroxylation is 1. The minimum Gasteiger partial charge on any atom is -0.496 e. The topological polar surface area (TPSA) is 68.5 Å². The van der Waals surface area contributed by atoms with Crippen LogP contribution in [0.25, 0.3) is 17.1 Å². The highest BCUT2D eigenvalue weighted by molar-refractivity contribution is 5.82. The van der Waals surface area contributed by atoms with Gasteiger partial charge in [-0.3, -0.25) is 4.79 Å². The molecule has 0 atom stereocenters. The smallest absolute Gasteiger partial charge is 0.241 e. The van der Waals surface area contributed by atoms with Gasteiger partial charge in [0.25, 0.3) is 0 Å². The summed E-state index contributed by atoms with van der Waals surface area (Å²) in [5, 5.41) is 3.93. The molecule has 0 aliphatic carbocycles. The van der Waals surface area contributed by atoms with Gasteiger partial charge < -0.3 is 9.30 Å². The largest absolute Gasteiger partial charge is 0.496 e. The van der Waals surface area contributed by atoms with Gasteiger partial charge in [0, 0.05) is 24.7 Å². The van der Waals surface area contributed by atoms with Gasteiger partial charge in [-0.15, -0.1) is 0 Å². The van der Waals surface area contributed by atoms with Crippen molar-refractivity contribution in [3.8, 4) is 5.75 Å². The third kappa shape index (κ3) is 4.36. The highest BCUT2D eigenvalue weighted by Gasteiger charge is 2.04.